The third-order valence-corrected chi connectivity index (χ3v) is 2.76. The Morgan fingerprint density at radius 2 is 2.47 bits per heavy atom. The second-order valence-electron chi connectivity index (χ2n) is 2.81. The molecule has 1 heterocycles. The highest BCUT2D eigenvalue weighted by Gasteiger charge is 2.18. The zero-order chi connectivity index (χ0) is 11.4. The first-order valence-electron chi connectivity index (χ1n) is 4.20. The molecule has 0 unspecified atom stereocenters. The van der Waals surface area contributed by atoms with E-state index in [4.69, 9.17) is 0 Å². The van der Waals surface area contributed by atoms with Crippen LogP contribution < -0.4 is 5.32 Å². The van der Waals surface area contributed by atoms with Crippen molar-refractivity contribution in [1.82, 2.24) is 5.32 Å². The van der Waals surface area contributed by atoms with Crippen molar-refractivity contribution >= 4 is 22.9 Å². The normalized spacial score (nSPS) is 9.67. The average molecular weight is 226 g/mol. The van der Waals surface area contributed by atoms with Crippen molar-refractivity contribution in [2.45, 2.75) is 6.92 Å². The molecule has 0 fully saturated rings. The molecule has 0 saturated carbocycles. The lowest BCUT2D eigenvalue weighted by molar-refractivity contribution is -0.385. The molecule has 0 saturated heterocycles. The highest BCUT2D eigenvalue weighted by molar-refractivity contribution is 7.14. The molecule has 1 N–H and O–H groups in total. The van der Waals surface area contributed by atoms with Crippen molar-refractivity contribution in [3.05, 3.63) is 38.6 Å². The van der Waals surface area contributed by atoms with Gasteiger partial charge in [-0.25, -0.2) is 0 Å². The van der Waals surface area contributed by atoms with Crippen LogP contribution >= 0.6 is 11.3 Å². The van der Waals surface area contributed by atoms with Crippen LogP contribution in [0.15, 0.2) is 18.7 Å². The lowest BCUT2D eigenvalue weighted by Crippen LogP contribution is -2.22. The van der Waals surface area contributed by atoms with Gasteiger partial charge in [-0.05, 0) is 6.92 Å². The summed E-state index contributed by atoms with van der Waals surface area (Å²) in [5, 5.41) is 13.1. The summed E-state index contributed by atoms with van der Waals surface area (Å²) in [6.07, 6.45) is 1.55. The minimum Gasteiger partial charge on any atom is -0.348 e. The van der Waals surface area contributed by atoms with Gasteiger partial charge in [0.05, 0.1) is 14.7 Å². The SMILES string of the molecule is C=CCNC(=O)c1cc([N+](=O)[O-])c(C)s1. The van der Waals surface area contributed by atoms with E-state index in [1.54, 1.807) is 13.0 Å². The summed E-state index contributed by atoms with van der Waals surface area (Å²) in [6.45, 7) is 5.43. The third kappa shape index (κ3) is 2.63. The van der Waals surface area contributed by atoms with Crippen LogP contribution in [0, 0.1) is 17.0 Å². The summed E-state index contributed by atoms with van der Waals surface area (Å²) < 4.78 is 0. The standard InChI is InChI=1S/C9H10N2O3S/c1-3-4-10-9(12)8-5-7(11(13)14)6(2)15-8/h3,5H,1,4H2,2H3,(H,10,12). The molecule has 80 valence electrons. The van der Waals surface area contributed by atoms with Gasteiger partial charge >= 0.3 is 0 Å². The minimum absolute atomic E-state index is 0.0104. The van der Waals surface area contributed by atoms with E-state index < -0.39 is 4.92 Å². The number of aryl methyl sites for hydroxylation is 1. The van der Waals surface area contributed by atoms with Gasteiger partial charge in [0, 0.05) is 12.6 Å². The summed E-state index contributed by atoms with van der Waals surface area (Å²) in [7, 11) is 0. The van der Waals surface area contributed by atoms with Crippen LogP contribution in [-0.4, -0.2) is 17.4 Å². The van der Waals surface area contributed by atoms with Crippen LogP contribution in [0.4, 0.5) is 5.69 Å². The maximum Gasteiger partial charge on any atom is 0.283 e. The number of hydrogen-bond donors (Lipinski definition) is 1. The first kappa shape index (κ1) is 11.4. The third-order valence-electron chi connectivity index (χ3n) is 1.72. The van der Waals surface area contributed by atoms with E-state index in [-0.39, 0.29) is 11.6 Å². The number of nitro groups is 1. The topological polar surface area (TPSA) is 72.2 Å². The fourth-order valence-electron chi connectivity index (χ4n) is 1.02. The number of nitrogens with one attached hydrogen (secondary N) is 1. The fourth-order valence-corrected chi connectivity index (χ4v) is 1.92. The molecule has 0 radical (unpaired) electrons. The van der Waals surface area contributed by atoms with E-state index in [0.29, 0.717) is 16.3 Å². The van der Waals surface area contributed by atoms with Gasteiger partial charge in [-0.3, -0.25) is 14.9 Å². The molecule has 1 amide bonds. The van der Waals surface area contributed by atoms with Crippen LogP contribution in [0.3, 0.4) is 0 Å². The second-order valence-corrected chi connectivity index (χ2v) is 4.06. The van der Waals surface area contributed by atoms with Crippen LogP contribution in [0.2, 0.25) is 0 Å². The molecule has 1 aromatic rings. The van der Waals surface area contributed by atoms with Crippen molar-refractivity contribution in [2.75, 3.05) is 6.54 Å². The quantitative estimate of drug-likeness (QED) is 0.484. The Balaban J connectivity index is 2.87. The summed E-state index contributed by atoms with van der Waals surface area (Å²) in [5.74, 6) is -0.309. The molecule has 6 heteroatoms. The monoisotopic (exact) mass is 226 g/mol. The van der Waals surface area contributed by atoms with E-state index in [0.717, 1.165) is 11.3 Å². The van der Waals surface area contributed by atoms with Crippen LogP contribution in [0.1, 0.15) is 14.5 Å². The van der Waals surface area contributed by atoms with E-state index in [1.165, 1.54) is 6.07 Å². The second kappa shape index (κ2) is 4.70. The van der Waals surface area contributed by atoms with Gasteiger partial charge in [0.1, 0.15) is 0 Å². The molecule has 5 nitrogen and oxygen atoms in total. The summed E-state index contributed by atoms with van der Waals surface area (Å²) in [6, 6.07) is 1.29. The Bertz CT molecular complexity index is 411. The Morgan fingerprint density at radius 1 is 1.80 bits per heavy atom. The maximum atomic E-state index is 11.4. The lowest BCUT2D eigenvalue weighted by Gasteiger charge is -1.96. The van der Waals surface area contributed by atoms with Crippen LogP contribution in [-0.2, 0) is 0 Å². The van der Waals surface area contributed by atoms with Crippen molar-refractivity contribution in [3.63, 3.8) is 0 Å². The van der Waals surface area contributed by atoms with Gasteiger partial charge < -0.3 is 5.32 Å². The van der Waals surface area contributed by atoms with Crippen molar-refractivity contribution in [2.24, 2.45) is 0 Å². The van der Waals surface area contributed by atoms with Gasteiger partial charge in [-0.2, -0.15) is 0 Å². The number of rotatable bonds is 4. The zero-order valence-corrected chi connectivity index (χ0v) is 8.97. The molecular formula is C9H10N2O3S. The van der Waals surface area contributed by atoms with Gasteiger partial charge in [0.2, 0.25) is 0 Å². The Kier molecular flexibility index (Phi) is 3.56. The molecule has 0 aliphatic carbocycles. The minimum atomic E-state index is -0.490. The Hall–Kier alpha value is -1.69. The summed E-state index contributed by atoms with van der Waals surface area (Å²) >= 11 is 1.11. The van der Waals surface area contributed by atoms with Crippen molar-refractivity contribution in [3.8, 4) is 0 Å². The Morgan fingerprint density at radius 3 is 2.93 bits per heavy atom. The maximum absolute atomic E-state index is 11.4. The first-order valence-corrected chi connectivity index (χ1v) is 5.02. The predicted molar refractivity (Wildman–Crippen MR) is 58.2 cm³/mol. The molecule has 0 bridgehead atoms. The number of thiophene rings is 1. The molecule has 1 rings (SSSR count). The van der Waals surface area contributed by atoms with Gasteiger partial charge in [-0.15, -0.1) is 17.9 Å². The van der Waals surface area contributed by atoms with Crippen LogP contribution in [0.5, 0.6) is 0 Å². The van der Waals surface area contributed by atoms with Crippen LogP contribution in [0.25, 0.3) is 0 Å². The van der Waals surface area contributed by atoms with Crippen molar-refractivity contribution in [1.29, 1.82) is 0 Å². The highest BCUT2D eigenvalue weighted by Crippen LogP contribution is 2.27. The number of carbonyl (C=O) groups is 1. The van der Waals surface area contributed by atoms with Gasteiger partial charge in [0.15, 0.2) is 0 Å². The summed E-state index contributed by atoms with van der Waals surface area (Å²) in [5.41, 5.74) is -0.0104. The lowest BCUT2D eigenvalue weighted by atomic mass is 10.3. The molecule has 0 aromatic carbocycles. The molecular weight excluding hydrogens is 216 g/mol. The van der Waals surface area contributed by atoms with E-state index in [2.05, 4.69) is 11.9 Å². The fraction of sp³-hybridized carbons (Fsp3) is 0.222. The Labute approximate surface area is 90.6 Å². The van der Waals surface area contributed by atoms with E-state index in [1.807, 2.05) is 0 Å². The first-order chi connectivity index (χ1) is 7.06. The zero-order valence-electron chi connectivity index (χ0n) is 8.15. The average Bonchev–Trinajstić information content (AvgIpc) is 2.56. The largest absolute Gasteiger partial charge is 0.348 e. The molecule has 0 aliphatic rings. The smallest absolute Gasteiger partial charge is 0.283 e. The van der Waals surface area contributed by atoms with E-state index in [9.17, 15) is 14.9 Å². The number of nitrogens with zero attached hydrogens (tertiary/aromatic N) is 1. The number of hydrogen-bond acceptors (Lipinski definition) is 4. The molecule has 0 spiro atoms. The molecule has 15 heavy (non-hydrogen) atoms. The highest BCUT2D eigenvalue weighted by atomic mass is 32.1. The predicted octanol–water partition coefficient (Wildman–Crippen LogP) is 1.88. The van der Waals surface area contributed by atoms with Gasteiger partial charge in [0.25, 0.3) is 11.6 Å². The molecule has 0 atom stereocenters. The summed E-state index contributed by atoms with van der Waals surface area (Å²) in [4.78, 5) is 22.3. The van der Waals surface area contributed by atoms with Gasteiger partial charge in [-0.1, -0.05) is 6.08 Å². The van der Waals surface area contributed by atoms with E-state index >= 15 is 0 Å². The molecule has 0 aliphatic heterocycles. The molecule has 1 aromatic heterocycles. The number of amides is 1. The van der Waals surface area contributed by atoms with Crippen molar-refractivity contribution < 1.29 is 9.72 Å². The number of carbonyl (C=O) groups excluding carboxylic acids is 1.